The van der Waals surface area contributed by atoms with Gasteiger partial charge in [0.15, 0.2) is 0 Å². The van der Waals surface area contributed by atoms with Gasteiger partial charge in [-0.15, -0.1) is 0 Å². The Balaban J connectivity index is 1.33. The van der Waals surface area contributed by atoms with Gasteiger partial charge >= 0.3 is 6.18 Å². The molecule has 0 radical (unpaired) electrons. The Morgan fingerprint density at radius 2 is 1.85 bits per heavy atom. The summed E-state index contributed by atoms with van der Waals surface area (Å²) in [5, 5.41) is 8.28. The van der Waals surface area contributed by atoms with E-state index in [1.807, 2.05) is 24.3 Å². The Labute approximate surface area is 190 Å². The van der Waals surface area contributed by atoms with E-state index in [9.17, 15) is 18.0 Å². The van der Waals surface area contributed by atoms with Crippen molar-refractivity contribution in [3.05, 3.63) is 71.6 Å². The second-order valence-corrected chi connectivity index (χ2v) is 8.64. The van der Waals surface area contributed by atoms with Crippen LogP contribution in [0.15, 0.2) is 64.1 Å². The van der Waals surface area contributed by atoms with Crippen LogP contribution in [-0.2, 0) is 11.9 Å². The SMILES string of the molecule is O=C(NC1CC1)c1cc(SCc2nc(-c3ccc(C(F)(F)F)cc3)no2)nc2ccccc12. The van der Waals surface area contributed by atoms with E-state index in [-0.39, 0.29) is 17.8 Å². The third-order valence-electron chi connectivity index (χ3n) is 5.13. The predicted molar refractivity (Wildman–Crippen MR) is 117 cm³/mol. The number of para-hydroxylation sites is 1. The highest BCUT2D eigenvalue weighted by Gasteiger charge is 2.30. The highest BCUT2D eigenvalue weighted by molar-refractivity contribution is 7.98. The molecular formula is C23H17F3N4O2S. The van der Waals surface area contributed by atoms with Crippen LogP contribution < -0.4 is 5.32 Å². The number of nitrogens with one attached hydrogen (secondary N) is 1. The Morgan fingerprint density at radius 1 is 1.09 bits per heavy atom. The highest BCUT2D eigenvalue weighted by Crippen LogP contribution is 2.31. The first kappa shape index (κ1) is 21.4. The summed E-state index contributed by atoms with van der Waals surface area (Å²) < 4.78 is 43.5. The fourth-order valence-electron chi connectivity index (χ4n) is 3.28. The molecule has 0 spiro atoms. The standard InChI is InChI=1S/C23H17F3N4O2S/c24-23(25,26)14-7-5-13(6-8-14)21-29-19(32-30-21)12-33-20-11-17(22(31)27-15-9-10-15)16-3-1-2-4-18(16)28-20/h1-8,11,15H,9-10,12H2,(H,27,31). The van der Waals surface area contributed by atoms with Crippen molar-refractivity contribution in [2.24, 2.45) is 0 Å². The van der Waals surface area contributed by atoms with Crippen LogP contribution in [0.1, 0.15) is 34.7 Å². The van der Waals surface area contributed by atoms with Crippen molar-refractivity contribution in [2.75, 3.05) is 0 Å². The van der Waals surface area contributed by atoms with Crippen molar-refractivity contribution in [3.63, 3.8) is 0 Å². The number of amides is 1. The van der Waals surface area contributed by atoms with E-state index in [0.717, 1.165) is 30.4 Å². The number of hydrogen-bond donors (Lipinski definition) is 1. The fourth-order valence-corrected chi connectivity index (χ4v) is 4.03. The lowest BCUT2D eigenvalue weighted by Crippen LogP contribution is -2.25. The molecule has 1 fully saturated rings. The van der Waals surface area contributed by atoms with Crippen LogP contribution in [0.2, 0.25) is 0 Å². The maximum atomic E-state index is 12.7. The molecule has 0 saturated heterocycles. The monoisotopic (exact) mass is 470 g/mol. The first-order valence-corrected chi connectivity index (χ1v) is 11.2. The molecule has 2 aromatic carbocycles. The Kier molecular flexibility index (Phi) is 5.53. The van der Waals surface area contributed by atoms with Gasteiger partial charge in [-0.1, -0.05) is 47.3 Å². The quantitative estimate of drug-likeness (QED) is 0.376. The van der Waals surface area contributed by atoms with Crippen LogP contribution >= 0.6 is 11.8 Å². The first-order valence-electron chi connectivity index (χ1n) is 10.2. The molecule has 33 heavy (non-hydrogen) atoms. The summed E-state index contributed by atoms with van der Waals surface area (Å²) in [4.78, 5) is 21.6. The zero-order valence-corrected chi connectivity index (χ0v) is 17.9. The molecule has 10 heteroatoms. The number of rotatable bonds is 6. The average Bonchev–Trinajstić information content (AvgIpc) is 3.49. The van der Waals surface area contributed by atoms with E-state index in [0.29, 0.717) is 33.3 Å². The first-order chi connectivity index (χ1) is 15.9. The molecule has 2 heterocycles. The molecule has 5 rings (SSSR count). The Morgan fingerprint density at radius 3 is 2.58 bits per heavy atom. The fraction of sp³-hybridized carbons (Fsp3) is 0.217. The summed E-state index contributed by atoms with van der Waals surface area (Å²) in [5.41, 5.74) is 0.950. The van der Waals surface area contributed by atoms with Crippen LogP contribution in [0.4, 0.5) is 13.2 Å². The Bertz CT molecular complexity index is 1320. The largest absolute Gasteiger partial charge is 0.416 e. The van der Waals surface area contributed by atoms with Crippen LogP contribution in [0.25, 0.3) is 22.3 Å². The van der Waals surface area contributed by atoms with E-state index < -0.39 is 11.7 Å². The minimum atomic E-state index is -4.40. The van der Waals surface area contributed by atoms with Gasteiger partial charge in [-0.05, 0) is 37.1 Å². The summed E-state index contributed by atoms with van der Waals surface area (Å²) in [6.45, 7) is 0. The third-order valence-corrected chi connectivity index (χ3v) is 6.03. The van der Waals surface area contributed by atoms with Crippen molar-refractivity contribution >= 4 is 28.6 Å². The number of carbonyl (C=O) groups excluding carboxylic acids is 1. The highest BCUT2D eigenvalue weighted by atomic mass is 32.2. The number of pyridine rings is 1. The van der Waals surface area contributed by atoms with E-state index in [4.69, 9.17) is 4.52 Å². The molecule has 2 aromatic heterocycles. The molecule has 1 N–H and O–H groups in total. The second-order valence-electron chi connectivity index (χ2n) is 7.65. The molecule has 0 aliphatic heterocycles. The molecule has 1 aliphatic rings. The number of thioether (sulfide) groups is 1. The number of carbonyl (C=O) groups is 1. The number of halogens is 3. The van der Waals surface area contributed by atoms with E-state index in [1.165, 1.54) is 23.9 Å². The lowest BCUT2D eigenvalue weighted by atomic mass is 10.1. The average molecular weight is 470 g/mol. The molecule has 0 atom stereocenters. The molecule has 0 bridgehead atoms. The molecule has 1 aliphatic carbocycles. The van der Waals surface area contributed by atoms with Crippen LogP contribution in [0.5, 0.6) is 0 Å². The summed E-state index contributed by atoms with van der Waals surface area (Å²) in [6.07, 6.45) is -2.41. The van der Waals surface area contributed by atoms with E-state index in [1.54, 1.807) is 6.07 Å². The number of hydrogen-bond acceptors (Lipinski definition) is 6. The Hall–Kier alpha value is -3.40. The predicted octanol–water partition coefficient (Wildman–Crippen LogP) is 5.49. The smallest absolute Gasteiger partial charge is 0.349 e. The van der Waals surface area contributed by atoms with Gasteiger partial charge in [0.25, 0.3) is 5.91 Å². The van der Waals surface area contributed by atoms with Gasteiger partial charge in [0, 0.05) is 17.0 Å². The summed E-state index contributed by atoms with van der Waals surface area (Å²) in [6, 6.07) is 14.0. The number of benzene rings is 2. The lowest BCUT2D eigenvalue weighted by Gasteiger charge is -2.09. The third kappa shape index (κ3) is 4.85. The van der Waals surface area contributed by atoms with Crippen molar-refractivity contribution in [1.29, 1.82) is 0 Å². The van der Waals surface area contributed by atoms with Gasteiger partial charge in [-0.2, -0.15) is 18.2 Å². The van der Waals surface area contributed by atoms with E-state index in [2.05, 4.69) is 20.4 Å². The molecule has 168 valence electrons. The van der Waals surface area contributed by atoms with Gasteiger partial charge in [-0.3, -0.25) is 4.79 Å². The molecular weight excluding hydrogens is 453 g/mol. The van der Waals surface area contributed by atoms with Gasteiger partial charge in [0.1, 0.15) is 0 Å². The van der Waals surface area contributed by atoms with Crippen molar-refractivity contribution < 1.29 is 22.5 Å². The summed E-state index contributed by atoms with van der Waals surface area (Å²) >= 11 is 1.33. The number of fused-ring (bicyclic) bond motifs is 1. The molecule has 0 unspecified atom stereocenters. The van der Waals surface area contributed by atoms with Crippen molar-refractivity contribution in [3.8, 4) is 11.4 Å². The van der Waals surface area contributed by atoms with Gasteiger partial charge < -0.3 is 9.84 Å². The number of aromatic nitrogens is 3. The molecule has 6 nitrogen and oxygen atoms in total. The zero-order valence-electron chi connectivity index (χ0n) is 17.1. The second kappa shape index (κ2) is 8.51. The van der Waals surface area contributed by atoms with Gasteiger partial charge in [0.05, 0.1) is 27.4 Å². The van der Waals surface area contributed by atoms with Gasteiger partial charge in [-0.25, -0.2) is 4.98 Å². The van der Waals surface area contributed by atoms with Crippen LogP contribution in [-0.4, -0.2) is 27.1 Å². The topological polar surface area (TPSA) is 80.9 Å². The molecule has 1 amide bonds. The zero-order chi connectivity index (χ0) is 23.0. The minimum Gasteiger partial charge on any atom is -0.349 e. The van der Waals surface area contributed by atoms with Gasteiger partial charge in [0.2, 0.25) is 11.7 Å². The van der Waals surface area contributed by atoms with Crippen LogP contribution in [0.3, 0.4) is 0 Å². The van der Waals surface area contributed by atoms with Crippen LogP contribution in [0, 0.1) is 0 Å². The lowest BCUT2D eigenvalue weighted by molar-refractivity contribution is -0.137. The normalized spacial score (nSPS) is 13.9. The van der Waals surface area contributed by atoms with Crippen molar-refractivity contribution in [1.82, 2.24) is 20.4 Å². The maximum Gasteiger partial charge on any atom is 0.416 e. The summed E-state index contributed by atoms with van der Waals surface area (Å²) in [5.74, 6) is 0.673. The minimum absolute atomic E-state index is 0.125. The molecule has 4 aromatic rings. The number of nitrogens with zero attached hydrogens (tertiary/aromatic N) is 3. The number of alkyl halides is 3. The molecule has 1 saturated carbocycles. The van der Waals surface area contributed by atoms with Crippen molar-refractivity contribution in [2.45, 2.75) is 35.8 Å². The maximum absolute atomic E-state index is 12.7. The van der Waals surface area contributed by atoms with E-state index >= 15 is 0 Å². The summed E-state index contributed by atoms with van der Waals surface area (Å²) in [7, 11) is 0.